The lowest BCUT2D eigenvalue weighted by Crippen LogP contribution is -1.97. The molecule has 3 aromatic rings. The van der Waals surface area contributed by atoms with Crippen LogP contribution in [0.4, 0.5) is 5.69 Å². The number of hydrogen-bond donors (Lipinski definition) is 0. The molecule has 120 valence electrons. The number of ether oxygens (including phenoxy) is 1. The number of carbonyl (C=O) groups excluding carboxylic acids is 1. The van der Waals surface area contributed by atoms with Crippen molar-refractivity contribution in [2.45, 2.75) is 0 Å². The number of carbonyl (C=O) groups is 1. The highest BCUT2D eigenvalue weighted by Gasteiger charge is 2.17. The molecular weight excluding hydrogens is 357 g/mol. The molecule has 0 amide bonds. The van der Waals surface area contributed by atoms with Crippen molar-refractivity contribution >= 4 is 46.2 Å². The maximum atomic E-state index is 11.1. The molecular formula is C15H7Cl2N3O4. The highest BCUT2D eigenvalue weighted by molar-refractivity contribution is 6.42. The summed E-state index contributed by atoms with van der Waals surface area (Å²) in [6.45, 7) is 0. The number of nitrogens with zero attached hydrogens (tertiary/aromatic N) is 3. The molecule has 0 unspecified atom stereocenters. The topological polar surface area (TPSA) is 95.2 Å². The fraction of sp³-hybridized carbons (Fsp3) is 0. The second-order valence-electron chi connectivity index (χ2n) is 4.67. The maximum absolute atomic E-state index is 11.1. The molecule has 3 rings (SSSR count). The Morgan fingerprint density at radius 1 is 1.12 bits per heavy atom. The van der Waals surface area contributed by atoms with Gasteiger partial charge in [0.2, 0.25) is 11.6 Å². The summed E-state index contributed by atoms with van der Waals surface area (Å²) < 4.78 is 5.44. The first-order valence-corrected chi connectivity index (χ1v) is 7.27. The smallest absolute Gasteiger partial charge is 0.312 e. The third-order valence-electron chi connectivity index (χ3n) is 3.09. The summed E-state index contributed by atoms with van der Waals surface area (Å²) >= 11 is 11.8. The van der Waals surface area contributed by atoms with Gasteiger partial charge in [-0.3, -0.25) is 14.9 Å². The fourth-order valence-corrected chi connectivity index (χ4v) is 2.31. The van der Waals surface area contributed by atoms with Crippen molar-refractivity contribution in [3.63, 3.8) is 0 Å². The van der Waals surface area contributed by atoms with Crippen LogP contribution in [0.2, 0.25) is 10.0 Å². The Kier molecular flexibility index (Phi) is 4.28. The summed E-state index contributed by atoms with van der Waals surface area (Å²) in [6.07, 6.45) is 1.82. The van der Waals surface area contributed by atoms with Gasteiger partial charge in [0, 0.05) is 11.6 Å². The predicted octanol–water partition coefficient (Wildman–Crippen LogP) is 4.45. The van der Waals surface area contributed by atoms with Gasteiger partial charge in [0.1, 0.15) is 6.29 Å². The lowest BCUT2D eigenvalue weighted by molar-refractivity contribution is -0.385. The molecule has 0 atom stereocenters. The van der Waals surface area contributed by atoms with E-state index in [2.05, 4.69) is 9.97 Å². The van der Waals surface area contributed by atoms with Gasteiger partial charge in [-0.1, -0.05) is 23.2 Å². The van der Waals surface area contributed by atoms with Crippen LogP contribution in [0.5, 0.6) is 11.6 Å². The third kappa shape index (κ3) is 3.12. The number of aldehydes is 1. The Morgan fingerprint density at radius 2 is 1.83 bits per heavy atom. The van der Waals surface area contributed by atoms with E-state index < -0.39 is 4.92 Å². The first-order chi connectivity index (χ1) is 11.5. The minimum atomic E-state index is -0.645. The van der Waals surface area contributed by atoms with E-state index in [0.29, 0.717) is 27.4 Å². The molecule has 0 saturated carbocycles. The van der Waals surface area contributed by atoms with Gasteiger partial charge in [-0.2, -0.15) is 0 Å². The van der Waals surface area contributed by atoms with Crippen molar-refractivity contribution in [1.82, 2.24) is 9.97 Å². The first kappa shape index (κ1) is 16.1. The molecule has 0 spiro atoms. The summed E-state index contributed by atoms with van der Waals surface area (Å²) in [5.74, 6) is -0.0119. The van der Waals surface area contributed by atoms with Crippen molar-refractivity contribution in [2.24, 2.45) is 0 Å². The quantitative estimate of drug-likeness (QED) is 0.386. The Bertz CT molecular complexity index is 978. The van der Waals surface area contributed by atoms with Crippen LogP contribution in [0, 0.1) is 10.1 Å². The van der Waals surface area contributed by atoms with Crippen LogP contribution in [0.3, 0.4) is 0 Å². The Hall–Kier alpha value is -2.77. The second kappa shape index (κ2) is 6.38. The average Bonchev–Trinajstić information content (AvgIpc) is 2.56. The van der Waals surface area contributed by atoms with Gasteiger partial charge in [0.15, 0.2) is 0 Å². The van der Waals surface area contributed by atoms with E-state index in [0.717, 1.165) is 6.07 Å². The number of nitro benzene ring substituents is 1. The van der Waals surface area contributed by atoms with Crippen molar-refractivity contribution in [3.8, 4) is 11.6 Å². The minimum absolute atomic E-state index is 0.0443. The van der Waals surface area contributed by atoms with Gasteiger partial charge >= 0.3 is 5.69 Å². The van der Waals surface area contributed by atoms with E-state index in [1.165, 1.54) is 24.4 Å². The van der Waals surface area contributed by atoms with Crippen LogP contribution >= 0.6 is 23.2 Å². The summed E-state index contributed by atoms with van der Waals surface area (Å²) in [5.41, 5.74) is 0.743. The fourth-order valence-electron chi connectivity index (χ4n) is 1.99. The minimum Gasteiger partial charge on any atom is -0.430 e. The van der Waals surface area contributed by atoms with Gasteiger partial charge in [-0.05, 0) is 24.3 Å². The SMILES string of the molecule is O=Cc1ccc(Oc2cnc3cc(Cl)c(Cl)cc3n2)c([N+](=O)[O-])c1. The molecule has 0 aliphatic heterocycles. The van der Waals surface area contributed by atoms with Crippen molar-refractivity contribution in [3.05, 3.63) is 62.3 Å². The van der Waals surface area contributed by atoms with Crippen LogP contribution in [-0.2, 0) is 0 Å². The summed E-state index contributed by atoms with van der Waals surface area (Å²) in [7, 11) is 0. The van der Waals surface area contributed by atoms with Crippen LogP contribution < -0.4 is 4.74 Å². The van der Waals surface area contributed by atoms with Gasteiger partial charge in [-0.15, -0.1) is 0 Å². The van der Waals surface area contributed by atoms with Crippen molar-refractivity contribution in [2.75, 3.05) is 0 Å². The Balaban J connectivity index is 2.02. The Morgan fingerprint density at radius 3 is 2.50 bits per heavy atom. The zero-order valence-corrected chi connectivity index (χ0v) is 13.3. The summed E-state index contributed by atoms with van der Waals surface area (Å²) in [6, 6.07) is 6.91. The predicted molar refractivity (Wildman–Crippen MR) is 88.1 cm³/mol. The van der Waals surface area contributed by atoms with E-state index in [1.807, 2.05) is 0 Å². The van der Waals surface area contributed by atoms with Crippen LogP contribution in [-0.4, -0.2) is 21.2 Å². The largest absolute Gasteiger partial charge is 0.430 e. The molecule has 1 aromatic heterocycles. The number of rotatable bonds is 4. The molecule has 0 N–H and O–H groups in total. The normalized spacial score (nSPS) is 10.6. The molecule has 1 heterocycles. The number of benzene rings is 2. The van der Waals surface area contributed by atoms with Crippen molar-refractivity contribution in [1.29, 1.82) is 0 Å². The highest BCUT2D eigenvalue weighted by Crippen LogP contribution is 2.32. The molecule has 0 radical (unpaired) electrons. The van der Waals surface area contributed by atoms with Crippen molar-refractivity contribution < 1.29 is 14.5 Å². The lowest BCUT2D eigenvalue weighted by atomic mass is 10.2. The van der Waals surface area contributed by atoms with Crippen LogP contribution in [0.15, 0.2) is 36.5 Å². The molecule has 0 saturated heterocycles. The standard InChI is InChI=1S/C15H7Cl2N3O4/c16-9-4-11-12(5-10(9)17)19-15(6-18-11)24-14-2-1-8(7-21)3-13(14)20(22)23/h1-7H. The van der Waals surface area contributed by atoms with E-state index in [1.54, 1.807) is 6.07 Å². The zero-order chi connectivity index (χ0) is 17.3. The van der Waals surface area contributed by atoms with Gasteiger partial charge in [0.05, 0.1) is 32.2 Å². The second-order valence-corrected chi connectivity index (χ2v) is 5.48. The third-order valence-corrected chi connectivity index (χ3v) is 3.81. The van der Waals surface area contributed by atoms with E-state index in [9.17, 15) is 14.9 Å². The van der Waals surface area contributed by atoms with E-state index >= 15 is 0 Å². The average molecular weight is 364 g/mol. The summed E-state index contributed by atoms with van der Waals surface area (Å²) in [5, 5.41) is 11.8. The molecule has 9 heteroatoms. The maximum Gasteiger partial charge on any atom is 0.312 e. The highest BCUT2D eigenvalue weighted by atomic mass is 35.5. The van der Waals surface area contributed by atoms with Gasteiger partial charge in [-0.25, -0.2) is 9.97 Å². The number of nitro groups is 1. The molecule has 0 aliphatic rings. The van der Waals surface area contributed by atoms with Crippen LogP contribution in [0.25, 0.3) is 11.0 Å². The number of hydrogen-bond acceptors (Lipinski definition) is 6. The molecule has 0 aliphatic carbocycles. The number of aromatic nitrogens is 2. The molecule has 2 aromatic carbocycles. The van der Waals surface area contributed by atoms with Gasteiger partial charge < -0.3 is 4.74 Å². The van der Waals surface area contributed by atoms with Gasteiger partial charge in [0.25, 0.3) is 0 Å². The molecule has 0 fully saturated rings. The monoisotopic (exact) mass is 363 g/mol. The van der Waals surface area contributed by atoms with E-state index in [4.69, 9.17) is 27.9 Å². The van der Waals surface area contributed by atoms with E-state index in [-0.39, 0.29) is 22.9 Å². The molecule has 7 nitrogen and oxygen atoms in total. The molecule has 24 heavy (non-hydrogen) atoms. The number of halogens is 2. The zero-order valence-electron chi connectivity index (χ0n) is 11.8. The summed E-state index contributed by atoms with van der Waals surface area (Å²) in [4.78, 5) is 29.5. The van der Waals surface area contributed by atoms with Crippen LogP contribution in [0.1, 0.15) is 10.4 Å². The first-order valence-electron chi connectivity index (χ1n) is 6.51. The number of fused-ring (bicyclic) bond motifs is 1. The molecule has 0 bridgehead atoms. The lowest BCUT2D eigenvalue weighted by Gasteiger charge is -2.07. The Labute approximate surface area is 145 Å².